The highest BCUT2D eigenvalue weighted by Crippen LogP contribution is 2.30. The molecule has 0 saturated heterocycles. The Bertz CT molecular complexity index is 652. The molecule has 0 spiro atoms. The van der Waals surface area contributed by atoms with E-state index in [4.69, 9.17) is 27.9 Å². The van der Waals surface area contributed by atoms with Gasteiger partial charge in [-0.3, -0.25) is 10.1 Å². The number of hydrogen-bond donors (Lipinski definition) is 0. The van der Waals surface area contributed by atoms with Crippen molar-refractivity contribution in [3.05, 3.63) is 56.4 Å². The molecule has 2 aromatic rings. The number of aromatic nitrogens is 1. The molecule has 0 unspecified atom stereocenters. The van der Waals surface area contributed by atoms with Gasteiger partial charge in [-0.1, -0.05) is 29.3 Å². The molecule has 0 aliphatic heterocycles. The third-order valence-corrected chi connectivity index (χ3v) is 2.58. The zero-order valence-electron chi connectivity index (χ0n) is 9.14. The Labute approximate surface area is 116 Å². The number of ether oxygens (including phenoxy) is 1. The minimum absolute atomic E-state index is 0.131. The molecule has 2 rings (SSSR count). The summed E-state index contributed by atoms with van der Waals surface area (Å²) in [6.45, 7) is 0. The Hall–Kier alpha value is -1.92. The van der Waals surface area contributed by atoms with E-state index in [-0.39, 0.29) is 27.5 Å². The molecule has 0 bridgehead atoms. The monoisotopic (exact) mass is 302 g/mol. The molecule has 0 fully saturated rings. The second-order valence-corrected chi connectivity index (χ2v) is 4.19. The Morgan fingerprint density at radius 3 is 2.74 bits per heavy atom. The van der Waals surface area contributed by atoms with Gasteiger partial charge in [0.15, 0.2) is 11.6 Å². The molecule has 8 heteroatoms. The predicted molar refractivity (Wildman–Crippen MR) is 67.4 cm³/mol. The van der Waals surface area contributed by atoms with Gasteiger partial charge in [-0.2, -0.15) is 0 Å². The highest BCUT2D eigenvalue weighted by Gasteiger charge is 2.14. The molecule has 0 aliphatic carbocycles. The first-order valence-electron chi connectivity index (χ1n) is 4.91. The van der Waals surface area contributed by atoms with E-state index < -0.39 is 10.7 Å². The molecular weight excluding hydrogens is 298 g/mol. The van der Waals surface area contributed by atoms with Crippen LogP contribution in [0.2, 0.25) is 10.2 Å². The average molecular weight is 303 g/mol. The number of hydrogen-bond acceptors (Lipinski definition) is 4. The third kappa shape index (κ3) is 3.10. The molecule has 5 nitrogen and oxygen atoms in total. The number of halogens is 3. The highest BCUT2D eigenvalue weighted by molar-refractivity contribution is 6.30. The van der Waals surface area contributed by atoms with Crippen LogP contribution in [0.15, 0.2) is 30.3 Å². The van der Waals surface area contributed by atoms with Crippen LogP contribution in [0.5, 0.6) is 11.6 Å². The van der Waals surface area contributed by atoms with Crippen LogP contribution in [0.4, 0.5) is 10.1 Å². The van der Waals surface area contributed by atoms with Crippen LogP contribution in [0.1, 0.15) is 0 Å². The molecule has 1 aromatic heterocycles. The Morgan fingerprint density at radius 1 is 1.32 bits per heavy atom. The third-order valence-electron chi connectivity index (χ3n) is 2.10. The maximum Gasteiger partial charge on any atom is 0.277 e. The lowest BCUT2D eigenvalue weighted by atomic mass is 10.3. The van der Waals surface area contributed by atoms with Crippen molar-refractivity contribution in [2.75, 3.05) is 0 Å². The lowest BCUT2D eigenvalue weighted by Gasteiger charge is -2.06. The molecule has 0 aliphatic rings. The van der Waals surface area contributed by atoms with Gasteiger partial charge in [-0.05, 0) is 12.1 Å². The van der Waals surface area contributed by atoms with Crippen molar-refractivity contribution in [2.24, 2.45) is 0 Å². The fraction of sp³-hybridized carbons (Fsp3) is 0. The van der Waals surface area contributed by atoms with Gasteiger partial charge in [0.05, 0.1) is 22.1 Å². The summed E-state index contributed by atoms with van der Waals surface area (Å²) in [6, 6.07) is 6.22. The van der Waals surface area contributed by atoms with Crippen molar-refractivity contribution in [2.45, 2.75) is 0 Å². The van der Waals surface area contributed by atoms with Crippen LogP contribution in [0.25, 0.3) is 0 Å². The Morgan fingerprint density at radius 2 is 2.05 bits per heavy atom. The summed E-state index contributed by atoms with van der Waals surface area (Å²) in [7, 11) is 0. The second-order valence-electron chi connectivity index (χ2n) is 3.40. The van der Waals surface area contributed by atoms with E-state index >= 15 is 0 Å². The van der Waals surface area contributed by atoms with Gasteiger partial charge in [0, 0.05) is 0 Å². The van der Waals surface area contributed by atoms with Crippen molar-refractivity contribution >= 4 is 28.9 Å². The predicted octanol–water partition coefficient (Wildman–Crippen LogP) is 4.23. The molecule has 0 N–H and O–H groups in total. The minimum Gasteiger partial charge on any atom is -0.436 e. The Kier molecular flexibility index (Phi) is 3.82. The lowest BCUT2D eigenvalue weighted by Crippen LogP contribution is -1.94. The summed E-state index contributed by atoms with van der Waals surface area (Å²) in [5.74, 6) is -1.18. The number of nitrogens with zero attached hydrogens (tertiary/aromatic N) is 2. The van der Waals surface area contributed by atoms with E-state index in [1.54, 1.807) is 0 Å². The largest absolute Gasteiger partial charge is 0.436 e. The van der Waals surface area contributed by atoms with Crippen molar-refractivity contribution in [1.82, 2.24) is 4.98 Å². The number of nitro groups is 1. The van der Waals surface area contributed by atoms with Crippen LogP contribution >= 0.6 is 23.2 Å². The topological polar surface area (TPSA) is 65.3 Å². The summed E-state index contributed by atoms with van der Waals surface area (Å²) in [5.41, 5.74) is -0.308. The fourth-order valence-corrected chi connectivity index (χ4v) is 1.65. The lowest BCUT2D eigenvalue weighted by molar-refractivity contribution is -0.385. The van der Waals surface area contributed by atoms with E-state index in [1.807, 2.05) is 0 Å². The standard InChI is InChI=1S/C11H5Cl2FN2O3/c12-7-2-1-3-8(11(7)14)19-10-5-6(16(17)18)4-9(13)15-10/h1-5H. The van der Waals surface area contributed by atoms with Crippen LogP contribution in [0.3, 0.4) is 0 Å². The van der Waals surface area contributed by atoms with Gasteiger partial charge in [0.1, 0.15) is 5.15 Å². The number of benzene rings is 1. The first-order chi connectivity index (χ1) is 8.97. The molecule has 0 radical (unpaired) electrons. The maximum absolute atomic E-state index is 13.6. The average Bonchev–Trinajstić information content (AvgIpc) is 2.34. The van der Waals surface area contributed by atoms with Gasteiger partial charge in [-0.25, -0.2) is 9.37 Å². The normalized spacial score (nSPS) is 10.3. The second kappa shape index (κ2) is 5.38. The minimum atomic E-state index is -0.784. The van der Waals surface area contributed by atoms with E-state index in [0.717, 1.165) is 12.1 Å². The van der Waals surface area contributed by atoms with Crippen molar-refractivity contribution in [1.29, 1.82) is 0 Å². The summed E-state index contributed by atoms with van der Waals surface area (Å²) >= 11 is 11.2. The smallest absolute Gasteiger partial charge is 0.277 e. The van der Waals surface area contributed by atoms with Gasteiger partial charge >= 0.3 is 0 Å². The first kappa shape index (κ1) is 13.5. The molecule has 0 amide bonds. The molecular formula is C11H5Cl2FN2O3. The first-order valence-corrected chi connectivity index (χ1v) is 5.67. The van der Waals surface area contributed by atoms with Gasteiger partial charge < -0.3 is 4.74 Å². The van der Waals surface area contributed by atoms with E-state index in [9.17, 15) is 14.5 Å². The van der Waals surface area contributed by atoms with E-state index in [1.165, 1.54) is 18.2 Å². The summed E-state index contributed by atoms with van der Waals surface area (Å²) in [6.07, 6.45) is 0. The van der Waals surface area contributed by atoms with Crippen LogP contribution in [-0.2, 0) is 0 Å². The molecule has 1 heterocycles. The molecule has 98 valence electrons. The summed E-state index contributed by atoms with van der Waals surface area (Å²) < 4.78 is 18.7. The van der Waals surface area contributed by atoms with Gasteiger partial charge in [-0.15, -0.1) is 0 Å². The molecule has 0 atom stereocenters. The molecule has 1 aromatic carbocycles. The molecule has 19 heavy (non-hydrogen) atoms. The van der Waals surface area contributed by atoms with Crippen LogP contribution < -0.4 is 4.74 Å². The van der Waals surface area contributed by atoms with Crippen molar-refractivity contribution in [3.8, 4) is 11.6 Å². The van der Waals surface area contributed by atoms with E-state index in [0.29, 0.717) is 0 Å². The zero-order chi connectivity index (χ0) is 14.0. The van der Waals surface area contributed by atoms with Crippen LogP contribution in [-0.4, -0.2) is 9.91 Å². The number of pyridine rings is 1. The fourth-order valence-electron chi connectivity index (χ4n) is 1.29. The summed E-state index contributed by atoms with van der Waals surface area (Å²) in [5, 5.41) is 10.4. The van der Waals surface area contributed by atoms with Crippen molar-refractivity contribution < 1.29 is 14.1 Å². The van der Waals surface area contributed by atoms with E-state index in [2.05, 4.69) is 4.98 Å². The molecule has 0 saturated carbocycles. The van der Waals surface area contributed by atoms with Crippen LogP contribution in [0, 0.1) is 15.9 Å². The quantitative estimate of drug-likeness (QED) is 0.483. The van der Waals surface area contributed by atoms with Gasteiger partial charge in [0.25, 0.3) is 5.69 Å². The zero-order valence-corrected chi connectivity index (χ0v) is 10.7. The van der Waals surface area contributed by atoms with Gasteiger partial charge in [0.2, 0.25) is 5.88 Å². The number of rotatable bonds is 3. The summed E-state index contributed by atoms with van der Waals surface area (Å²) in [4.78, 5) is 13.7. The van der Waals surface area contributed by atoms with Crippen molar-refractivity contribution in [3.63, 3.8) is 0 Å². The SMILES string of the molecule is O=[N+]([O-])c1cc(Cl)nc(Oc2cccc(Cl)c2F)c1. The maximum atomic E-state index is 13.6. The Balaban J connectivity index is 2.38. The highest BCUT2D eigenvalue weighted by atomic mass is 35.5.